The van der Waals surface area contributed by atoms with Crippen LogP contribution in [0, 0.1) is 11.8 Å². The fourth-order valence-electron chi connectivity index (χ4n) is 1.64. The number of esters is 1. The summed E-state index contributed by atoms with van der Waals surface area (Å²) in [5, 5.41) is 9.68. The third kappa shape index (κ3) is 3.47. The van der Waals surface area contributed by atoms with E-state index < -0.39 is 23.7 Å². The lowest BCUT2D eigenvalue weighted by molar-refractivity contribution is -0.166. The minimum Gasteiger partial charge on any atom is -0.458 e. The second-order valence-corrected chi connectivity index (χ2v) is 5.43. The van der Waals surface area contributed by atoms with Gasteiger partial charge in [-0.1, -0.05) is 6.92 Å². The molecule has 1 rings (SSSR count). The van der Waals surface area contributed by atoms with E-state index in [4.69, 9.17) is 10.5 Å². The second kappa shape index (κ2) is 4.10. The molecule has 0 aromatic heterocycles. The summed E-state index contributed by atoms with van der Waals surface area (Å²) in [7, 11) is 0. The van der Waals surface area contributed by atoms with Crippen LogP contribution >= 0.6 is 0 Å². The van der Waals surface area contributed by atoms with Gasteiger partial charge in [-0.2, -0.15) is 0 Å². The van der Waals surface area contributed by atoms with E-state index in [9.17, 15) is 9.90 Å². The molecule has 0 bridgehead atoms. The van der Waals surface area contributed by atoms with E-state index in [1.165, 1.54) is 0 Å². The van der Waals surface area contributed by atoms with Crippen molar-refractivity contribution in [3.05, 3.63) is 0 Å². The van der Waals surface area contributed by atoms with Gasteiger partial charge in [0, 0.05) is 6.04 Å². The first kappa shape index (κ1) is 12.5. The predicted molar refractivity (Wildman–Crippen MR) is 57.1 cm³/mol. The molecule has 0 aromatic rings. The summed E-state index contributed by atoms with van der Waals surface area (Å²) in [5.74, 6) is 0.152. The Morgan fingerprint density at radius 2 is 2.00 bits per heavy atom. The van der Waals surface area contributed by atoms with E-state index in [1.54, 1.807) is 20.8 Å². The minimum atomic E-state index is -1.20. The molecule has 88 valence electrons. The molecule has 4 heteroatoms. The van der Waals surface area contributed by atoms with E-state index in [-0.39, 0.29) is 5.92 Å². The van der Waals surface area contributed by atoms with Gasteiger partial charge in [-0.15, -0.1) is 0 Å². The quantitative estimate of drug-likeness (QED) is 0.679. The minimum absolute atomic E-state index is 0.257. The van der Waals surface area contributed by atoms with E-state index in [1.807, 2.05) is 0 Å². The lowest BCUT2D eigenvalue weighted by atomic mass is 10.1. The van der Waals surface area contributed by atoms with Crippen molar-refractivity contribution >= 4 is 5.97 Å². The summed E-state index contributed by atoms with van der Waals surface area (Å²) in [6.45, 7) is 7.36. The SMILES string of the molecule is CC1CC1C(N)C(O)C(=O)OC(C)(C)C. The van der Waals surface area contributed by atoms with Crippen molar-refractivity contribution in [2.75, 3.05) is 0 Å². The molecular weight excluding hydrogens is 194 g/mol. The highest BCUT2D eigenvalue weighted by atomic mass is 16.6. The number of nitrogens with two attached hydrogens (primary N) is 1. The lowest BCUT2D eigenvalue weighted by Crippen LogP contribution is -2.45. The van der Waals surface area contributed by atoms with Crippen molar-refractivity contribution in [1.29, 1.82) is 0 Å². The Bertz CT molecular complexity index is 247. The Morgan fingerprint density at radius 3 is 2.33 bits per heavy atom. The molecule has 15 heavy (non-hydrogen) atoms. The van der Waals surface area contributed by atoms with Crippen molar-refractivity contribution < 1.29 is 14.6 Å². The van der Waals surface area contributed by atoms with Crippen molar-refractivity contribution in [2.45, 2.75) is 51.9 Å². The van der Waals surface area contributed by atoms with Gasteiger partial charge in [0.1, 0.15) is 5.60 Å². The molecule has 0 aliphatic heterocycles. The van der Waals surface area contributed by atoms with Gasteiger partial charge in [0.05, 0.1) is 0 Å². The molecule has 0 spiro atoms. The van der Waals surface area contributed by atoms with Crippen molar-refractivity contribution in [1.82, 2.24) is 0 Å². The fourth-order valence-corrected chi connectivity index (χ4v) is 1.64. The highest BCUT2D eigenvalue weighted by molar-refractivity contribution is 5.75. The average molecular weight is 215 g/mol. The van der Waals surface area contributed by atoms with Crippen LogP contribution in [0.2, 0.25) is 0 Å². The molecule has 0 radical (unpaired) electrons. The van der Waals surface area contributed by atoms with Crippen molar-refractivity contribution in [3.63, 3.8) is 0 Å². The normalized spacial score (nSPS) is 29.5. The van der Waals surface area contributed by atoms with Crippen molar-refractivity contribution in [3.8, 4) is 0 Å². The molecule has 4 unspecified atom stereocenters. The van der Waals surface area contributed by atoms with Crippen LogP contribution in [-0.4, -0.2) is 28.8 Å². The van der Waals surface area contributed by atoms with Crippen LogP contribution in [0.25, 0.3) is 0 Å². The molecule has 4 nitrogen and oxygen atoms in total. The van der Waals surface area contributed by atoms with Crippen LogP contribution in [0.1, 0.15) is 34.1 Å². The van der Waals surface area contributed by atoms with E-state index in [0.29, 0.717) is 5.92 Å². The van der Waals surface area contributed by atoms with Crippen molar-refractivity contribution in [2.24, 2.45) is 17.6 Å². The van der Waals surface area contributed by atoms with Gasteiger partial charge in [0.15, 0.2) is 6.10 Å². The maximum atomic E-state index is 11.5. The van der Waals surface area contributed by atoms with E-state index in [2.05, 4.69) is 6.92 Å². The molecule has 1 fully saturated rings. The number of carbonyl (C=O) groups is 1. The summed E-state index contributed by atoms with van der Waals surface area (Å²) in [6.07, 6.45) is -0.208. The van der Waals surface area contributed by atoms with Gasteiger partial charge >= 0.3 is 5.97 Å². The van der Waals surface area contributed by atoms with Gasteiger partial charge in [-0.05, 0) is 39.0 Å². The zero-order valence-corrected chi connectivity index (χ0v) is 9.86. The molecular formula is C11H21NO3. The monoisotopic (exact) mass is 215 g/mol. The van der Waals surface area contributed by atoms with Crippen LogP contribution in [0.5, 0.6) is 0 Å². The Balaban J connectivity index is 2.45. The van der Waals surface area contributed by atoms with Gasteiger partial charge in [0.2, 0.25) is 0 Å². The Labute approximate surface area is 90.8 Å². The molecule has 3 N–H and O–H groups in total. The number of hydrogen-bond donors (Lipinski definition) is 2. The van der Waals surface area contributed by atoms with Crippen LogP contribution in [-0.2, 0) is 9.53 Å². The third-order valence-electron chi connectivity index (χ3n) is 2.68. The highest BCUT2D eigenvalue weighted by Crippen LogP contribution is 2.40. The maximum Gasteiger partial charge on any atom is 0.337 e. The van der Waals surface area contributed by atoms with Gasteiger partial charge < -0.3 is 15.6 Å². The molecule has 4 atom stereocenters. The average Bonchev–Trinajstić information content (AvgIpc) is 2.77. The predicted octanol–water partition coefficient (Wildman–Crippen LogP) is 0.672. The van der Waals surface area contributed by atoms with E-state index >= 15 is 0 Å². The smallest absolute Gasteiger partial charge is 0.337 e. The zero-order valence-electron chi connectivity index (χ0n) is 9.86. The molecule has 0 heterocycles. The Kier molecular flexibility index (Phi) is 3.41. The number of aliphatic hydroxyl groups excluding tert-OH is 1. The van der Waals surface area contributed by atoms with Gasteiger partial charge in [-0.3, -0.25) is 0 Å². The first-order valence-corrected chi connectivity index (χ1v) is 5.39. The Morgan fingerprint density at radius 1 is 1.53 bits per heavy atom. The highest BCUT2D eigenvalue weighted by Gasteiger charge is 2.43. The summed E-state index contributed by atoms with van der Waals surface area (Å²) in [6, 6.07) is -0.491. The number of ether oxygens (including phenoxy) is 1. The lowest BCUT2D eigenvalue weighted by Gasteiger charge is -2.24. The summed E-state index contributed by atoms with van der Waals surface area (Å²) < 4.78 is 5.06. The topological polar surface area (TPSA) is 72.5 Å². The van der Waals surface area contributed by atoms with Gasteiger partial charge in [0.25, 0.3) is 0 Å². The molecule has 0 aromatic carbocycles. The summed E-state index contributed by atoms with van der Waals surface area (Å²) in [4.78, 5) is 11.5. The molecule has 1 aliphatic carbocycles. The summed E-state index contributed by atoms with van der Waals surface area (Å²) >= 11 is 0. The standard InChI is InChI=1S/C11H21NO3/c1-6-5-7(6)8(12)9(13)10(14)15-11(2,3)4/h6-9,13H,5,12H2,1-4H3. The molecule has 0 saturated heterocycles. The number of aliphatic hydroxyl groups is 1. The number of hydrogen-bond acceptors (Lipinski definition) is 4. The van der Waals surface area contributed by atoms with Crippen LogP contribution < -0.4 is 5.73 Å². The number of rotatable bonds is 3. The number of carbonyl (C=O) groups excluding carboxylic acids is 1. The molecule has 0 amide bonds. The second-order valence-electron chi connectivity index (χ2n) is 5.43. The fraction of sp³-hybridized carbons (Fsp3) is 0.909. The summed E-state index contributed by atoms with van der Waals surface area (Å²) in [5.41, 5.74) is 5.21. The van der Waals surface area contributed by atoms with Crippen LogP contribution in [0.4, 0.5) is 0 Å². The molecule has 1 aliphatic rings. The first-order valence-electron chi connectivity index (χ1n) is 5.39. The zero-order chi connectivity index (χ0) is 11.8. The van der Waals surface area contributed by atoms with E-state index in [0.717, 1.165) is 6.42 Å². The Hall–Kier alpha value is -0.610. The largest absolute Gasteiger partial charge is 0.458 e. The first-order chi connectivity index (χ1) is 6.72. The molecule has 1 saturated carbocycles. The van der Waals surface area contributed by atoms with Crippen LogP contribution in [0.15, 0.2) is 0 Å². The third-order valence-corrected chi connectivity index (χ3v) is 2.68. The maximum absolute atomic E-state index is 11.5. The van der Waals surface area contributed by atoms with Gasteiger partial charge in [-0.25, -0.2) is 4.79 Å². The van der Waals surface area contributed by atoms with Crippen LogP contribution in [0.3, 0.4) is 0 Å².